The number of nitrogens with zero attached hydrogens (tertiary/aromatic N) is 2. The Labute approximate surface area is 99.6 Å². The lowest BCUT2D eigenvalue weighted by Gasteiger charge is -1.95. The van der Waals surface area contributed by atoms with Crippen LogP contribution in [0.25, 0.3) is 0 Å². The summed E-state index contributed by atoms with van der Waals surface area (Å²) < 4.78 is 0. The van der Waals surface area contributed by atoms with Crippen molar-refractivity contribution < 1.29 is 0 Å². The molecule has 0 fully saturated rings. The van der Waals surface area contributed by atoms with Crippen molar-refractivity contribution in [1.29, 1.82) is 0 Å². The molecule has 0 spiro atoms. The van der Waals surface area contributed by atoms with E-state index in [9.17, 15) is 0 Å². The molecule has 0 aliphatic rings. The van der Waals surface area contributed by atoms with Crippen molar-refractivity contribution in [3.05, 3.63) is 60.2 Å². The normalized spacial score (nSPS) is 10.8. The fourth-order valence-electron chi connectivity index (χ4n) is 1.26. The van der Waals surface area contributed by atoms with Crippen LogP contribution in [-0.4, -0.2) is 0 Å². The number of benzene rings is 2. The third kappa shape index (κ3) is 2.91. The number of halogens is 1. The summed E-state index contributed by atoms with van der Waals surface area (Å²) in [5.41, 5.74) is 2.77. The second kappa shape index (κ2) is 5.42. The molecule has 0 saturated heterocycles. The van der Waals surface area contributed by atoms with Gasteiger partial charge in [0.15, 0.2) is 0 Å². The molecule has 0 amide bonds. The van der Waals surface area contributed by atoms with Gasteiger partial charge in [-0.3, -0.25) is 0 Å². The second-order valence-corrected chi connectivity index (χ2v) is 3.60. The van der Waals surface area contributed by atoms with E-state index in [4.69, 9.17) is 11.6 Å². The van der Waals surface area contributed by atoms with Crippen LogP contribution in [0.4, 0.5) is 11.4 Å². The number of hydrogen-bond donors (Lipinski definition) is 0. The molecule has 0 atom stereocenters. The van der Waals surface area contributed by atoms with Gasteiger partial charge in [-0.05, 0) is 29.8 Å². The molecule has 0 aliphatic heterocycles. The lowest BCUT2D eigenvalue weighted by molar-refractivity contribution is 1.22. The van der Waals surface area contributed by atoms with Gasteiger partial charge in [-0.15, -0.1) is 11.6 Å². The van der Waals surface area contributed by atoms with Crippen molar-refractivity contribution in [3.8, 4) is 0 Å². The van der Waals surface area contributed by atoms with Gasteiger partial charge in [-0.2, -0.15) is 10.2 Å². The van der Waals surface area contributed by atoms with Gasteiger partial charge in [0.05, 0.1) is 11.4 Å². The maximum absolute atomic E-state index is 5.70. The lowest BCUT2D eigenvalue weighted by atomic mass is 10.2. The summed E-state index contributed by atoms with van der Waals surface area (Å²) in [6, 6.07) is 17.4. The summed E-state index contributed by atoms with van der Waals surface area (Å²) in [7, 11) is 0. The molecule has 0 saturated carbocycles. The Hall–Kier alpha value is -1.67. The SMILES string of the molecule is ClCc1ccc(N=Nc2ccccc2)cc1. The largest absolute Gasteiger partial charge is 0.151 e. The second-order valence-electron chi connectivity index (χ2n) is 3.34. The number of rotatable bonds is 3. The minimum atomic E-state index is 0.524. The van der Waals surface area contributed by atoms with Gasteiger partial charge >= 0.3 is 0 Å². The fourth-order valence-corrected chi connectivity index (χ4v) is 1.44. The van der Waals surface area contributed by atoms with Crippen molar-refractivity contribution >= 4 is 23.0 Å². The lowest BCUT2D eigenvalue weighted by Crippen LogP contribution is -1.73. The van der Waals surface area contributed by atoms with Gasteiger partial charge in [0.1, 0.15) is 0 Å². The highest BCUT2D eigenvalue weighted by Gasteiger charge is 1.91. The van der Waals surface area contributed by atoms with E-state index in [1.54, 1.807) is 0 Å². The third-order valence-corrected chi connectivity index (χ3v) is 2.44. The van der Waals surface area contributed by atoms with Gasteiger partial charge in [-0.25, -0.2) is 0 Å². The van der Waals surface area contributed by atoms with Gasteiger partial charge < -0.3 is 0 Å². The number of hydrogen-bond acceptors (Lipinski definition) is 2. The fraction of sp³-hybridized carbons (Fsp3) is 0.0769. The first-order valence-corrected chi connectivity index (χ1v) is 5.53. The Morgan fingerprint density at radius 1 is 0.750 bits per heavy atom. The Balaban J connectivity index is 2.12. The zero-order valence-electron chi connectivity index (χ0n) is 8.68. The van der Waals surface area contributed by atoms with E-state index in [2.05, 4.69) is 10.2 Å². The predicted molar refractivity (Wildman–Crippen MR) is 66.6 cm³/mol. The maximum Gasteiger partial charge on any atom is 0.0857 e. The molecule has 0 aromatic heterocycles. The highest BCUT2D eigenvalue weighted by Crippen LogP contribution is 2.18. The summed E-state index contributed by atoms with van der Waals surface area (Å²) in [6.07, 6.45) is 0. The highest BCUT2D eigenvalue weighted by atomic mass is 35.5. The quantitative estimate of drug-likeness (QED) is 0.532. The molecule has 2 rings (SSSR count). The van der Waals surface area contributed by atoms with Crippen LogP contribution in [0, 0.1) is 0 Å². The van der Waals surface area contributed by atoms with Crippen LogP contribution in [-0.2, 0) is 5.88 Å². The molecular weight excluding hydrogens is 220 g/mol. The summed E-state index contributed by atoms with van der Waals surface area (Å²) in [5.74, 6) is 0.524. The molecule has 0 aliphatic carbocycles. The molecule has 3 heteroatoms. The molecule has 2 nitrogen and oxygen atoms in total. The molecule has 0 unspecified atom stereocenters. The summed E-state index contributed by atoms with van der Waals surface area (Å²) in [6.45, 7) is 0. The van der Waals surface area contributed by atoms with E-state index in [1.807, 2.05) is 54.6 Å². The van der Waals surface area contributed by atoms with E-state index < -0.39 is 0 Å². The average molecular weight is 231 g/mol. The van der Waals surface area contributed by atoms with Crippen molar-refractivity contribution in [3.63, 3.8) is 0 Å². The topological polar surface area (TPSA) is 24.7 Å². The minimum Gasteiger partial charge on any atom is -0.151 e. The minimum absolute atomic E-state index is 0.524. The Morgan fingerprint density at radius 2 is 1.31 bits per heavy atom. The zero-order chi connectivity index (χ0) is 11.2. The van der Waals surface area contributed by atoms with Crippen LogP contribution in [0.3, 0.4) is 0 Å². The standard InChI is InChI=1S/C13H11ClN2/c14-10-11-6-8-13(9-7-11)16-15-12-4-2-1-3-5-12/h1-9H,10H2. The van der Waals surface area contributed by atoms with Gasteiger partial charge in [0.2, 0.25) is 0 Å². The van der Waals surface area contributed by atoms with Crippen LogP contribution in [0.5, 0.6) is 0 Å². The monoisotopic (exact) mass is 230 g/mol. The zero-order valence-corrected chi connectivity index (χ0v) is 9.43. The Kier molecular flexibility index (Phi) is 3.67. The first-order chi connectivity index (χ1) is 7.88. The first-order valence-electron chi connectivity index (χ1n) is 5.00. The van der Waals surface area contributed by atoms with E-state index >= 15 is 0 Å². The van der Waals surface area contributed by atoms with Crippen LogP contribution < -0.4 is 0 Å². The molecular formula is C13H11ClN2. The first kappa shape index (κ1) is 10.8. The van der Waals surface area contributed by atoms with Gasteiger partial charge in [0.25, 0.3) is 0 Å². The van der Waals surface area contributed by atoms with Crippen molar-refractivity contribution in [2.24, 2.45) is 10.2 Å². The molecule has 2 aromatic carbocycles. The number of azo groups is 1. The molecule has 0 radical (unpaired) electrons. The molecule has 16 heavy (non-hydrogen) atoms. The Morgan fingerprint density at radius 3 is 1.88 bits per heavy atom. The maximum atomic E-state index is 5.70. The molecule has 0 heterocycles. The van der Waals surface area contributed by atoms with Crippen molar-refractivity contribution in [1.82, 2.24) is 0 Å². The Bertz CT molecular complexity index is 463. The molecule has 80 valence electrons. The van der Waals surface area contributed by atoms with E-state index in [0.29, 0.717) is 5.88 Å². The third-order valence-electron chi connectivity index (χ3n) is 2.13. The predicted octanol–water partition coefficient (Wildman–Crippen LogP) is 4.84. The van der Waals surface area contributed by atoms with Crippen molar-refractivity contribution in [2.45, 2.75) is 5.88 Å². The van der Waals surface area contributed by atoms with E-state index in [-0.39, 0.29) is 0 Å². The smallest absolute Gasteiger partial charge is 0.0857 e. The molecule has 0 bridgehead atoms. The van der Waals surface area contributed by atoms with Crippen LogP contribution in [0.2, 0.25) is 0 Å². The van der Waals surface area contributed by atoms with E-state index in [1.165, 1.54) is 0 Å². The van der Waals surface area contributed by atoms with E-state index in [0.717, 1.165) is 16.9 Å². The summed E-state index contributed by atoms with van der Waals surface area (Å²) >= 11 is 5.70. The highest BCUT2D eigenvalue weighted by molar-refractivity contribution is 6.17. The van der Waals surface area contributed by atoms with Crippen LogP contribution >= 0.6 is 11.6 Å². The van der Waals surface area contributed by atoms with Gasteiger partial charge in [0, 0.05) is 5.88 Å². The average Bonchev–Trinajstić information content (AvgIpc) is 2.38. The summed E-state index contributed by atoms with van der Waals surface area (Å²) in [4.78, 5) is 0. The van der Waals surface area contributed by atoms with Crippen LogP contribution in [0.15, 0.2) is 64.8 Å². The summed E-state index contributed by atoms with van der Waals surface area (Å²) in [5, 5.41) is 8.26. The molecule has 0 N–H and O–H groups in total. The van der Waals surface area contributed by atoms with Crippen molar-refractivity contribution in [2.75, 3.05) is 0 Å². The molecule has 2 aromatic rings. The number of alkyl halides is 1. The van der Waals surface area contributed by atoms with Crippen LogP contribution in [0.1, 0.15) is 5.56 Å². The van der Waals surface area contributed by atoms with Gasteiger partial charge in [-0.1, -0.05) is 30.3 Å².